The van der Waals surface area contributed by atoms with Crippen LogP contribution in [0, 0.1) is 108 Å². The summed E-state index contributed by atoms with van der Waals surface area (Å²) in [7, 11) is 0. The maximum absolute atomic E-state index is 11.2. The molecule has 4 aliphatic carbocycles. The van der Waals surface area contributed by atoms with Gasteiger partial charge in [-0.1, -0.05) is 325 Å². The maximum atomic E-state index is 11.2. The molecule has 0 aliphatic heterocycles. The molecule has 0 fully saturated rings. The van der Waals surface area contributed by atoms with Crippen molar-refractivity contribution in [2.75, 3.05) is 0 Å². The molecule has 124 heavy (non-hydrogen) atoms. The van der Waals surface area contributed by atoms with Crippen LogP contribution < -0.4 is 0 Å². The van der Waals surface area contributed by atoms with Crippen LogP contribution in [0.5, 0.6) is 23.0 Å². The van der Waals surface area contributed by atoms with E-state index in [1.165, 1.54) is 100 Å². The Labute approximate surface area is 817 Å². The van der Waals surface area contributed by atoms with Crippen molar-refractivity contribution < 1.29 is 107 Å². The van der Waals surface area contributed by atoms with Gasteiger partial charge in [-0.25, -0.2) is 0 Å². The third-order valence-corrected chi connectivity index (χ3v) is 23.5. The fraction of sp³-hybridized carbons (Fsp3) is 0.276. The predicted molar refractivity (Wildman–Crippen MR) is 535 cm³/mol. The van der Waals surface area contributed by atoms with Crippen molar-refractivity contribution in [1.82, 2.24) is 0 Å². The number of hydrogen-bond acceptors (Lipinski definition) is 4. The quantitative estimate of drug-likeness (QED) is 0.0858. The average Bonchev–Trinajstić information content (AvgIpc) is 1.57. The van der Waals surface area contributed by atoms with Gasteiger partial charge >= 0.3 is 86.9 Å². The summed E-state index contributed by atoms with van der Waals surface area (Å²) in [6.07, 6.45) is 3.23. The van der Waals surface area contributed by atoms with Gasteiger partial charge in [-0.15, -0.1) is 0 Å². The molecule has 8 heteroatoms. The van der Waals surface area contributed by atoms with Crippen molar-refractivity contribution in [1.29, 1.82) is 0 Å². The van der Waals surface area contributed by atoms with E-state index in [2.05, 4.69) is 339 Å². The number of phenolic OH excluding ortho intramolecular Hbond substituents is 4. The van der Waals surface area contributed by atoms with Crippen LogP contribution in [0.25, 0.3) is 89.0 Å². The van der Waals surface area contributed by atoms with Crippen LogP contribution in [0.1, 0.15) is 223 Å². The summed E-state index contributed by atoms with van der Waals surface area (Å²) in [5.41, 5.74) is 35.4. The summed E-state index contributed by atoms with van der Waals surface area (Å²) in [5.74, 6) is 3.00. The minimum atomic E-state index is -0.118. The Bertz CT molecular complexity index is 5430. The van der Waals surface area contributed by atoms with Gasteiger partial charge in [-0.3, -0.25) is 0 Å². The second-order valence-electron chi connectivity index (χ2n) is 36.5. The van der Waals surface area contributed by atoms with Gasteiger partial charge < -0.3 is 110 Å². The van der Waals surface area contributed by atoms with E-state index in [-0.39, 0.29) is 208 Å². The Kier molecular flexibility index (Phi) is 47.3. The van der Waals surface area contributed by atoms with Crippen LogP contribution in [0.3, 0.4) is 0 Å². The van der Waals surface area contributed by atoms with E-state index in [1.54, 1.807) is 6.07 Å². The van der Waals surface area contributed by atoms with Crippen molar-refractivity contribution in [2.24, 2.45) is 11.8 Å². The Morgan fingerprint density at radius 2 is 0.645 bits per heavy atom. The summed E-state index contributed by atoms with van der Waals surface area (Å²) in [6, 6.07) is 83.8. The van der Waals surface area contributed by atoms with Crippen LogP contribution >= 0.6 is 0 Å². The minimum Gasteiger partial charge on any atom is -0.507 e. The fourth-order valence-corrected chi connectivity index (χ4v) is 17.8. The van der Waals surface area contributed by atoms with E-state index in [1.807, 2.05) is 30.3 Å². The molecular formula is C116H148O4Ti4. The Morgan fingerprint density at radius 3 is 1.10 bits per heavy atom. The van der Waals surface area contributed by atoms with Gasteiger partial charge in [0.1, 0.15) is 23.0 Å². The molecule has 0 atom stereocenters. The Hall–Kier alpha value is -7.30. The fourth-order valence-electron chi connectivity index (χ4n) is 17.8. The molecule has 0 spiro atoms. The molecule has 12 aromatic carbocycles. The monoisotopic (exact) mass is 1800 g/mol. The molecule has 0 bridgehead atoms. The van der Waals surface area contributed by atoms with E-state index in [4.69, 9.17) is 0 Å². The normalized spacial score (nSPS) is 12.4. The third-order valence-electron chi connectivity index (χ3n) is 23.5. The zero-order valence-electron chi connectivity index (χ0n) is 81.7. The number of phenols is 4. The van der Waals surface area contributed by atoms with Gasteiger partial charge in [0, 0.05) is 44.1 Å². The number of aryl methyl sites for hydroxylation is 1. The van der Waals surface area contributed by atoms with Gasteiger partial charge in [0.2, 0.25) is 0 Å². The standard InChI is InChI=1S/C30H36O.C27H30O.C25H26O.C22H20O.12CH3.4Ti/c1-19(2)17-30(18-20(3)4)27-13-8-7-10-25(27)26-15-14-22(16-28(26)30)24-12-9-11-23(21(5)6)29(24)31;1-26(2,3)20-15-23(25(28)24(16-20)27(4,5)6)18-11-12-22-19(14-18)13-17-9-7-8-10-21(17)22;1-24(2,3)17-11-13-23(26)20(15-17)16-10-12-19-18-8-6-7-9-21(18)25(4,5)22(19)14-16;1-14-8-11-21(23)18(12-14)15-9-10-17-16-6-4-5-7-19(16)22(2,3)20(17)13-15;;;;;;;;;;;;;;;;/h7-16,19-21,31H,17-18H2,1-6H3;7-12,14-16,28H,13H2,1-6H3;6-15,26H,1-5H3;4-13,23H,1-3H3;12*1H3;;;;/q;;;;12*-1;4*+3. The molecule has 4 N–H and O–H groups in total. The van der Waals surface area contributed by atoms with Crippen LogP contribution in [0.4, 0.5) is 0 Å². The number of rotatable bonds is 9. The van der Waals surface area contributed by atoms with Crippen molar-refractivity contribution >= 4 is 0 Å². The molecule has 4 nitrogen and oxygen atoms in total. The molecule has 0 amide bonds. The first-order valence-electron chi connectivity index (χ1n) is 39.3. The zero-order chi connectivity index (χ0) is 77.5. The SMILES string of the molecule is CC(C)(C)c1cc(-c2ccc3c(c2)Cc2ccccc2-3)c(O)c(C(C)(C)C)c1.CC(C)(C)c1ccc(O)c(-c2ccc3c(c2)C(C)(C)c2ccccc2-3)c1.CC(C)CC1(CC(C)C)c2ccccc2-c2ccc(-c3cccc(C(C)C)c3O)cc21.Cc1ccc(O)c(-c2ccc3c(c2)C(C)(C)c2ccccc2-3)c1.[CH3-].[CH3-].[CH3-].[CH3-].[CH3-].[CH3-].[CH3-].[CH3-].[CH3-].[CH3-].[CH3-].[CH3-].[Ti+3].[Ti+3].[Ti+3].[Ti+3]. The van der Waals surface area contributed by atoms with Crippen LogP contribution in [-0.4, -0.2) is 20.4 Å². The van der Waals surface area contributed by atoms with Crippen LogP contribution in [0.2, 0.25) is 0 Å². The maximum Gasteiger partial charge on any atom is 3.00 e. The first-order valence-corrected chi connectivity index (χ1v) is 39.3. The first-order chi connectivity index (χ1) is 51.0. The predicted octanol–water partition coefficient (Wildman–Crippen LogP) is 33.5. The Morgan fingerprint density at radius 1 is 0.290 bits per heavy atom. The van der Waals surface area contributed by atoms with Gasteiger partial charge in [-0.2, -0.15) is 0 Å². The number of para-hydroxylation sites is 1. The molecule has 0 heterocycles. The molecule has 4 radical (unpaired) electrons. The minimum absolute atomic E-state index is 0. The largest absolute Gasteiger partial charge is 3.00 e. The molecule has 16 rings (SSSR count). The van der Waals surface area contributed by atoms with Crippen LogP contribution in [0.15, 0.2) is 237 Å². The second kappa shape index (κ2) is 47.7. The third kappa shape index (κ3) is 24.0. The smallest absolute Gasteiger partial charge is 0.507 e. The molecular weight excluding hydrogens is 1650 g/mol. The zero-order valence-corrected chi connectivity index (χ0v) is 87.9. The average molecular weight is 1800 g/mol. The van der Waals surface area contributed by atoms with Gasteiger partial charge in [0.15, 0.2) is 0 Å². The van der Waals surface area contributed by atoms with E-state index >= 15 is 0 Å². The summed E-state index contributed by atoms with van der Waals surface area (Å²) in [4.78, 5) is 0. The summed E-state index contributed by atoms with van der Waals surface area (Å²) >= 11 is 0. The summed E-state index contributed by atoms with van der Waals surface area (Å²) in [5, 5.41) is 43.0. The van der Waals surface area contributed by atoms with Gasteiger partial charge in [0.05, 0.1) is 0 Å². The first kappa shape index (κ1) is 123. The molecule has 652 valence electrons. The topological polar surface area (TPSA) is 80.9 Å². The molecule has 0 saturated carbocycles. The Balaban J connectivity index is -0.000000745. The van der Waals surface area contributed by atoms with E-state index in [0.29, 0.717) is 40.8 Å². The van der Waals surface area contributed by atoms with Crippen molar-refractivity contribution in [3.8, 4) is 112 Å². The van der Waals surface area contributed by atoms with Gasteiger partial charge in [-0.05, 0) is 237 Å². The molecule has 0 saturated heterocycles. The molecule has 0 unspecified atom stereocenters. The summed E-state index contributed by atoms with van der Waals surface area (Å²) < 4.78 is 0. The number of fused-ring (bicyclic) bond motifs is 12. The van der Waals surface area contributed by atoms with Gasteiger partial charge in [0.25, 0.3) is 0 Å². The number of hydrogen-bond donors (Lipinski definition) is 4. The van der Waals surface area contributed by atoms with Crippen molar-refractivity contribution in [3.63, 3.8) is 0 Å². The summed E-state index contributed by atoms with van der Waals surface area (Å²) in [6.45, 7) is 44.6. The molecule has 12 aromatic rings. The second-order valence-corrected chi connectivity index (χ2v) is 36.5. The number of aromatic hydroxyl groups is 4. The van der Waals surface area contributed by atoms with E-state index in [9.17, 15) is 20.4 Å². The number of benzene rings is 12. The van der Waals surface area contributed by atoms with Crippen molar-refractivity contribution in [3.05, 3.63) is 398 Å². The van der Waals surface area contributed by atoms with E-state index in [0.717, 1.165) is 80.5 Å². The van der Waals surface area contributed by atoms with E-state index < -0.39 is 0 Å². The van der Waals surface area contributed by atoms with Crippen molar-refractivity contribution in [2.45, 2.75) is 196 Å². The molecule has 0 aromatic heterocycles. The molecule has 4 aliphatic rings. The van der Waals surface area contributed by atoms with Crippen LogP contribution in [-0.2, 0) is 126 Å².